The zero-order valence-corrected chi connectivity index (χ0v) is 8.51. The Kier molecular flexibility index (Phi) is 2.38. The van der Waals surface area contributed by atoms with Gasteiger partial charge in [-0.15, -0.1) is 0 Å². The number of hydrogen-bond donors (Lipinski definition) is 0. The second kappa shape index (κ2) is 3.52. The molecule has 1 heterocycles. The molecule has 2 rings (SSSR count). The lowest BCUT2D eigenvalue weighted by Crippen LogP contribution is -1.90. The van der Waals surface area contributed by atoms with Gasteiger partial charge in [0.1, 0.15) is 0 Å². The minimum atomic E-state index is -1.18. The Balaban J connectivity index is 2.16. The van der Waals surface area contributed by atoms with Gasteiger partial charge in [-0.05, 0) is 31.5 Å². The topological polar surface area (TPSA) is 27.7 Å². The molecule has 0 bridgehead atoms. The zero-order valence-electron chi connectivity index (χ0n) is 7.61. The first-order valence-corrected chi connectivity index (χ1v) is 5.29. The summed E-state index contributed by atoms with van der Waals surface area (Å²) in [6, 6.07) is 5.86. The zero-order chi connectivity index (χ0) is 9.26. The molecule has 1 aliphatic rings. The highest BCUT2D eigenvalue weighted by Crippen LogP contribution is 2.52. The van der Waals surface area contributed by atoms with E-state index < -0.39 is 8.60 Å². The van der Waals surface area contributed by atoms with Crippen LogP contribution in [0.1, 0.15) is 12.5 Å². The molecular weight excluding hydrogens is 187 g/mol. The Labute approximate surface area is 78.6 Å². The molecule has 1 unspecified atom stereocenters. The maximum atomic E-state index is 5.45. The first kappa shape index (κ1) is 8.79. The maximum Gasteiger partial charge on any atom is 0.463 e. The smallest absolute Gasteiger partial charge is 0.414 e. The normalized spacial score (nSPS) is 19.1. The minimum Gasteiger partial charge on any atom is -0.414 e. The summed E-state index contributed by atoms with van der Waals surface area (Å²) in [6.07, 6.45) is 0. The SMILES string of the molecule is CCOP1Oc2ccc(C)cc2O1. The third kappa shape index (κ3) is 1.77. The van der Waals surface area contributed by atoms with Gasteiger partial charge in [0.15, 0.2) is 11.5 Å². The van der Waals surface area contributed by atoms with Crippen molar-refractivity contribution in [3.05, 3.63) is 23.8 Å². The van der Waals surface area contributed by atoms with Crippen LogP contribution in [0.25, 0.3) is 0 Å². The average Bonchev–Trinajstić information content (AvgIpc) is 2.46. The fraction of sp³-hybridized carbons (Fsp3) is 0.333. The van der Waals surface area contributed by atoms with Gasteiger partial charge in [0.05, 0.1) is 6.61 Å². The van der Waals surface area contributed by atoms with E-state index in [2.05, 4.69) is 0 Å². The van der Waals surface area contributed by atoms with Gasteiger partial charge >= 0.3 is 8.60 Å². The molecule has 1 aromatic rings. The van der Waals surface area contributed by atoms with Crippen LogP contribution < -0.4 is 9.05 Å². The minimum absolute atomic E-state index is 0.610. The summed E-state index contributed by atoms with van der Waals surface area (Å²) in [5.41, 5.74) is 1.16. The summed E-state index contributed by atoms with van der Waals surface area (Å²) in [6.45, 7) is 4.55. The summed E-state index contributed by atoms with van der Waals surface area (Å²) >= 11 is 0. The number of rotatable bonds is 2. The fourth-order valence-corrected chi connectivity index (χ4v) is 2.07. The molecular formula is C9H11O3P. The van der Waals surface area contributed by atoms with Gasteiger partial charge in [-0.1, -0.05) is 6.07 Å². The summed E-state index contributed by atoms with van der Waals surface area (Å²) < 4.78 is 16.1. The second-order valence-corrected chi connectivity index (χ2v) is 3.84. The van der Waals surface area contributed by atoms with E-state index >= 15 is 0 Å². The molecule has 0 saturated heterocycles. The lowest BCUT2D eigenvalue weighted by Gasteiger charge is -2.04. The van der Waals surface area contributed by atoms with Crippen LogP contribution in [-0.4, -0.2) is 6.61 Å². The van der Waals surface area contributed by atoms with Crippen molar-refractivity contribution in [2.75, 3.05) is 6.61 Å². The first-order valence-electron chi connectivity index (χ1n) is 4.19. The Hall–Kier alpha value is -0.790. The molecule has 1 atom stereocenters. The van der Waals surface area contributed by atoms with Crippen molar-refractivity contribution >= 4 is 8.60 Å². The number of fused-ring (bicyclic) bond motifs is 1. The lowest BCUT2D eigenvalue weighted by atomic mass is 10.2. The highest BCUT2D eigenvalue weighted by atomic mass is 31.2. The lowest BCUT2D eigenvalue weighted by molar-refractivity contribution is 0.300. The molecule has 0 N–H and O–H groups in total. The Morgan fingerprint density at radius 2 is 2.08 bits per heavy atom. The maximum absolute atomic E-state index is 5.45. The number of benzene rings is 1. The summed E-state index contributed by atoms with van der Waals surface area (Å²) in [5.74, 6) is 1.57. The molecule has 0 radical (unpaired) electrons. The number of aryl methyl sites for hydroxylation is 1. The van der Waals surface area contributed by atoms with E-state index in [0.29, 0.717) is 6.61 Å². The molecule has 70 valence electrons. The van der Waals surface area contributed by atoms with Crippen molar-refractivity contribution in [1.29, 1.82) is 0 Å². The molecule has 4 heteroatoms. The predicted molar refractivity (Wildman–Crippen MR) is 51.0 cm³/mol. The van der Waals surface area contributed by atoms with E-state index in [9.17, 15) is 0 Å². The Morgan fingerprint density at radius 1 is 1.31 bits per heavy atom. The van der Waals surface area contributed by atoms with Gasteiger partial charge < -0.3 is 9.05 Å². The van der Waals surface area contributed by atoms with Crippen molar-refractivity contribution < 1.29 is 13.6 Å². The molecule has 1 aromatic carbocycles. The van der Waals surface area contributed by atoms with Crippen molar-refractivity contribution in [1.82, 2.24) is 0 Å². The molecule has 3 nitrogen and oxygen atoms in total. The number of hydrogen-bond acceptors (Lipinski definition) is 3. The molecule has 0 aromatic heterocycles. The highest BCUT2D eigenvalue weighted by molar-refractivity contribution is 7.43. The molecule has 0 saturated carbocycles. The van der Waals surface area contributed by atoms with E-state index in [-0.39, 0.29) is 0 Å². The van der Waals surface area contributed by atoms with Crippen LogP contribution in [-0.2, 0) is 4.52 Å². The summed E-state index contributed by atoms with van der Waals surface area (Å²) in [5, 5.41) is 0. The Bertz CT molecular complexity index is 314. The van der Waals surface area contributed by atoms with Crippen molar-refractivity contribution in [2.45, 2.75) is 13.8 Å². The van der Waals surface area contributed by atoms with E-state index in [0.717, 1.165) is 17.1 Å². The monoisotopic (exact) mass is 198 g/mol. The molecule has 0 aliphatic carbocycles. The van der Waals surface area contributed by atoms with E-state index in [1.54, 1.807) is 0 Å². The average molecular weight is 198 g/mol. The fourth-order valence-electron chi connectivity index (χ4n) is 1.10. The van der Waals surface area contributed by atoms with Crippen LogP contribution in [0.2, 0.25) is 0 Å². The largest absolute Gasteiger partial charge is 0.463 e. The highest BCUT2D eigenvalue weighted by Gasteiger charge is 2.27. The van der Waals surface area contributed by atoms with Gasteiger partial charge in [-0.25, -0.2) is 0 Å². The summed E-state index contributed by atoms with van der Waals surface area (Å²) in [7, 11) is -1.18. The standard InChI is InChI=1S/C9H11O3P/c1-3-10-13-11-8-5-4-7(2)6-9(8)12-13/h4-6H,3H2,1-2H3. The van der Waals surface area contributed by atoms with E-state index in [1.807, 2.05) is 32.0 Å². The molecule has 0 amide bonds. The van der Waals surface area contributed by atoms with Crippen LogP contribution in [0.5, 0.6) is 11.5 Å². The first-order chi connectivity index (χ1) is 6.29. The predicted octanol–water partition coefficient (Wildman–Crippen LogP) is 3.03. The van der Waals surface area contributed by atoms with Gasteiger partial charge in [-0.2, -0.15) is 0 Å². The van der Waals surface area contributed by atoms with Crippen LogP contribution in [0.4, 0.5) is 0 Å². The molecule has 1 aliphatic heterocycles. The van der Waals surface area contributed by atoms with Gasteiger partial charge in [0, 0.05) is 0 Å². The molecule has 13 heavy (non-hydrogen) atoms. The van der Waals surface area contributed by atoms with E-state index in [1.165, 1.54) is 0 Å². The quantitative estimate of drug-likeness (QED) is 0.683. The van der Waals surface area contributed by atoms with Gasteiger partial charge in [-0.3, -0.25) is 4.52 Å². The summed E-state index contributed by atoms with van der Waals surface area (Å²) in [4.78, 5) is 0. The van der Waals surface area contributed by atoms with Gasteiger partial charge in [0.2, 0.25) is 0 Å². The van der Waals surface area contributed by atoms with Crippen LogP contribution in [0, 0.1) is 6.92 Å². The third-order valence-electron chi connectivity index (χ3n) is 1.68. The van der Waals surface area contributed by atoms with Crippen molar-refractivity contribution in [3.63, 3.8) is 0 Å². The van der Waals surface area contributed by atoms with E-state index in [4.69, 9.17) is 13.6 Å². The van der Waals surface area contributed by atoms with Crippen LogP contribution in [0.15, 0.2) is 18.2 Å². The third-order valence-corrected chi connectivity index (χ3v) is 2.84. The van der Waals surface area contributed by atoms with Crippen molar-refractivity contribution in [2.24, 2.45) is 0 Å². The molecule has 0 fully saturated rings. The Morgan fingerprint density at radius 3 is 2.85 bits per heavy atom. The molecule has 0 spiro atoms. The van der Waals surface area contributed by atoms with Crippen LogP contribution in [0.3, 0.4) is 0 Å². The van der Waals surface area contributed by atoms with Crippen LogP contribution >= 0.6 is 8.60 Å². The second-order valence-electron chi connectivity index (χ2n) is 2.77. The van der Waals surface area contributed by atoms with Crippen molar-refractivity contribution in [3.8, 4) is 11.5 Å². The van der Waals surface area contributed by atoms with Gasteiger partial charge in [0.25, 0.3) is 0 Å².